The summed E-state index contributed by atoms with van der Waals surface area (Å²) in [7, 11) is 1.38. The second-order valence-corrected chi connectivity index (χ2v) is 6.18. The Balaban J connectivity index is -0.00000171. The number of ether oxygens (including phenoxy) is 5. The van der Waals surface area contributed by atoms with Crippen LogP contribution in [-0.2, 0) is 23.7 Å². The Morgan fingerprint density at radius 2 is 1.47 bits per heavy atom. The summed E-state index contributed by atoms with van der Waals surface area (Å²) in [6, 6.07) is 0. The van der Waals surface area contributed by atoms with Gasteiger partial charge in [0.2, 0.25) is 0 Å². The number of hydrogen-bond donors (Lipinski definition) is 3. The van der Waals surface area contributed by atoms with E-state index in [1.54, 1.807) is 19.9 Å². The Kier molecular flexibility index (Phi) is 28.0. The molecule has 0 aliphatic heterocycles. The first kappa shape index (κ1) is 34.0. The summed E-state index contributed by atoms with van der Waals surface area (Å²) in [5.74, 6) is 0. The highest BCUT2D eigenvalue weighted by molar-refractivity contribution is 4.74. The van der Waals surface area contributed by atoms with Crippen molar-refractivity contribution in [2.75, 3.05) is 40.1 Å². The summed E-state index contributed by atoms with van der Waals surface area (Å²) in [4.78, 5) is 0. The SMILES string of the molecule is C=CCOCC(O)COC(C)COC(C(O)OC)C(CC)OCC(C)O.CC.CC. The quantitative estimate of drug-likeness (QED) is 0.180. The fraction of sp³-hybridized carbons (Fsp3) is 0.909. The van der Waals surface area contributed by atoms with Crippen molar-refractivity contribution in [2.45, 2.75) is 91.7 Å². The van der Waals surface area contributed by atoms with Crippen LogP contribution in [0.3, 0.4) is 0 Å². The van der Waals surface area contributed by atoms with Crippen molar-refractivity contribution in [1.29, 1.82) is 0 Å². The molecule has 8 nitrogen and oxygen atoms in total. The zero-order valence-corrected chi connectivity index (χ0v) is 20.4. The lowest BCUT2D eigenvalue weighted by Gasteiger charge is -2.31. The zero-order valence-electron chi connectivity index (χ0n) is 20.4. The van der Waals surface area contributed by atoms with E-state index in [1.807, 2.05) is 34.6 Å². The fourth-order valence-corrected chi connectivity index (χ4v) is 2.12. The standard InChI is InChI=1S/C18H36O8.2C2H6/c1-6-8-23-11-15(20)12-24-14(4)10-26-17(18(21)22-5)16(7-2)25-9-13(3)19;2*1-2/h6,13-21H,1,7-12H2,2-5H3;2*1-2H3. The van der Waals surface area contributed by atoms with E-state index >= 15 is 0 Å². The molecule has 0 aliphatic rings. The molecule has 8 heteroatoms. The number of aliphatic hydroxyl groups is 3. The van der Waals surface area contributed by atoms with Gasteiger partial charge in [0.25, 0.3) is 0 Å². The highest BCUT2D eigenvalue weighted by Gasteiger charge is 2.30. The van der Waals surface area contributed by atoms with E-state index in [-0.39, 0.29) is 32.5 Å². The highest BCUT2D eigenvalue weighted by atomic mass is 16.6. The minimum Gasteiger partial charge on any atom is -0.391 e. The van der Waals surface area contributed by atoms with Gasteiger partial charge < -0.3 is 39.0 Å². The van der Waals surface area contributed by atoms with Crippen LogP contribution in [0.5, 0.6) is 0 Å². The van der Waals surface area contributed by atoms with E-state index in [2.05, 4.69) is 6.58 Å². The Morgan fingerprint density at radius 3 is 1.93 bits per heavy atom. The lowest BCUT2D eigenvalue weighted by Crippen LogP contribution is -2.44. The zero-order chi connectivity index (χ0) is 23.9. The first-order chi connectivity index (χ1) is 14.3. The maximum atomic E-state index is 10.0. The number of methoxy groups -OCH3 is 1. The largest absolute Gasteiger partial charge is 0.391 e. The van der Waals surface area contributed by atoms with Gasteiger partial charge in [-0.05, 0) is 20.3 Å². The molecule has 184 valence electrons. The van der Waals surface area contributed by atoms with Gasteiger partial charge in [0.05, 0.1) is 51.3 Å². The van der Waals surface area contributed by atoms with Gasteiger partial charge >= 0.3 is 0 Å². The molecule has 6 atom stereocenters. The normalized spacial score (nSPS) is 16.6. The van der Waals surface area contributed by atoms with Gasteiger partial charge in [-0.15, -0.1) is 6.58 Å². The van der Waals surface area contributed by atoms with Gasteiger partial charge in [-0.2, -0.15) is 0 Å². The van der Waals surface area contributed by atoms with Crippen LogP contribution in [0.2, 0.25) is 0 Å². The van der Waals surface area contributed by atoms with Crippen LogP contribution >= 0.6 is 0 Å². The Bertz CT molecular complexity index is 341. The van der Waals surface area contributed by atoms with Crippen LogP contribution in [-0.4, -0.2) is 92.3 Å². The molecule has 0 saturated carbocycles. The smallest absolute Gasteiger partial charge is 0.183 e. The van der Waals surface area contributed by atoms with Gasteiger partial charge in [0.1, 0.15) is 12.2 Å². The van der Waals surface area contributed by atoms with Gasteiger partial charge in [-0.1, -0.05) is 40.7 Å². The minimum atomic E-state index is -1.17. The molecule has 0 amide bonds. The van der Waals surface area contributed by atoms with Crippen LogP contribution in [0.25, 0.3) is 0 Å². The van der Waals surface area contributed by atoms with E-state index in [1.165, 1.54) is 7.11 Å². The molecule has 0 fully saturated rings. The van der Waals surface area contributed by atoms with Crippen molar-refractivity contribution in [3.05, 3.63) is 12.7 Å². The molecule has 0 heterocycles. The molecule has 0 bridgehead atoms. The number of hydrogen-bond acceptors (Lipinski definition) is 8. The Hall–Kier alpha value is -0.580. The van der Waals surface area contributed by atoms with Crippen molar-refractivity contribution in [2.24, 2.45) is 0 Å². The molecule has 30 heavy (non-hydrogen) atoms. The van der Waals surface area contributed by atoms with Crippen LogP contribution in [0.15, 0.2) is 12.7 Å². The average molecular weight is 441 g/mol. The number of aliphatic hydroxyl groups excluding tert-OH is 3. The third-order valence-corrected chi connectivity index (χ3v) is 3.49. The van der Waals surface area contributed by atoms with Crippen LogP contribution in [0.1, 0.15) is 54.9 Å². The first-order valence-electron chi connectivity index (χ1n) is 11.0. The molecule has 0 aromatic heterocycles. The summed E-state index contributed by atoms with van der Waals surface area (Å²) < 4.78 is 27.0. The van der Waals surface area contributed by atoms with Gasteiger partial charge in [0.15, 0.2) is 6.29 Å². The van der Waals surface area contributed by atoms with Crippen molar-refractivity contribution in [1.82, 2.24) is 0 Å². The van der Waals surface area contributed by atoms with E-state index in [4.69, 9.17) is 23.7 Å². The molecule has 0 radical (unpaired) electrons. The Labute approximate surface area is 184 Å². The molecule has 0 aliphatic carbocycles. The molecule has 0 aromatic carbocycles. The highest BCUT2D eigenvalue weighted by Crippen LogP contribution is 2.15. The van der Waals surface area contributed by atoms with Crippen molar-refractivity contribution in [3.63, 3.8) is 0 Å². The monoisotopic (exact) mass is 440 g/mol. The van der Waals surface area contributed by atoms with Gasteiger partial charge in [-0.25, -0.2) is 0 Å². The summed E-state index contributed by atoms with van der Waals surface area (Å²) in [6.45, 7) is 17.8. The van der Waals surface area contributed by atoms with Crippen molar-refractivity contribution >= 4 is 0 Å². The minimum absolute atomic E-state index is 0.106. The van der Waals surface area contributed by atoms with E-state index in [0.717, 1.165) is 0 Å². The van der Waals surface area contributed by atoms with E-state index in [9.17, 15) is 15.3 Å². The van der Waals surface area contributed by atoms with Gasteiger partial charge in [0, 0.05) is 7.11 Å². The molecule has 6 unspecified atom stereocenters. The molecule has 0 saturated heterocycles. The Morgan fingerprint density at radius 1 is 0.867 bits per heavy atom. The lowest BCUT2D eigenvalue weighted by atomic mass is 10.1. The first-order valence-corrected chi connectivity index (χ1v) is 11.0. The number of rotatable bonds is 17. The van der Waals surface area contributed by atoms with Crippen LogP contribution in [0.4, 0.5) is 0 Å². The predicted molar refractivity (Wildman–Crippen MR) is 120 cm³/mol. The summed E-state index contributed by atoms with van der Waals surface area (Å²) in [5, 5.41) is 29.2. The predicted octanol–water partition coefficient (Wildman–Crippen LogP) is 2.53. The third-order valence-electron chi connectivity index (χ3n) is 3.49. The van der Waals surface area contributed by atoms with Gasteiger partial charge in [-0.3, -0.25) is 0 Å². The average Bonchev–Trinajstić information content (AvgIpc) is 2.76. The van der Waals surface area contributed by atoms with Crippen molar-refractivity contribution < 1.29 is 39.0 Å². The maximum Gasteiger partial charge on any atom is 0.183 e. The van der Waals surface area contributed by atoms with Crippen LogP contribution in [0, 0.1) is 0 Å². The van der Waals surface area contributed by atoms with Crippen molar-refractivity contribution in [3.8, 4) is 0 Å². The lowest BCUT2D eigenvalue weighted by molar-refractivity contribution is -0.214. The summed E-state index contributed by atoms with van der Waals surface area (Å²) in [6.07, 6.45) is -1.82. The molecule has 0 aromatic rings. The summed E-state index contributed by atoms with van der Waals surface area (Å²) in [5.41, 5.74) is 0. The molecule has 3 N–H and O–H groups in total. The topological polar surface area (TPSA) is 107 Å². The van der Waals surface area contributed by atoms with Crippen LogP contribution < -0.4 is 0 Å². The fourth-order valence-electron chi connectivity index (χ4n) is 2.12. The molecule has 0 spiro atoms. The molecular formula is C22H48O8. The van der Waals surface area contributed by atoms with E-state index in [0.29, 0.717) is 13.0 Å². The molecular weight excluding hydrogens is 392 g/mol. The maximum absolute atomic E-state index is 10.0. The third kappa shape index (κ3) is 19.4. The molecule has 0 rings (SSSR count). The second-order valence-electron chi connectivity index (χ2n) is 6.18. The summed E-state index contributed by atoms with van der Waals surface area (Å²) >= 11 is 0. The van der Waals surface area contributed by atoms with E-state index < -0.39 is 30.7 Å². The second kappa shape index (κ2) is 24.7.